The van der Waals surface area contributed by atoms with Crippen molar-refractivity contribution in [2.24, 2.45) is 0 Å². The van der Waals surface area contributed by atoms with Crippen molar-refractivity contribution in [2.45, 2.75) is 232 Å². The predicted octanol–water partition coefficient (Wildman–Crippen LogP) is 20.9. The summed E-state index contributed by atoms with van der Waals surface area (Å²) in [4.78, 5) is 38.1. The van der Waals surface area contributed by atoms with Crippen molar-refractivity contribution >= 4 is 17.9 Å². The van der Waals surface area contributed by atoms with Crippen molar-refractivity contribution in [3.05, 3.63) is 182 Å². The lowest BCUT2D eigenvalue weighted by atomic mass is 10.1. The molecular formula is C71H108O6. The molecule has 0 aromatic rings. The molecule has 0 aliphatic rings. The Morgan fingerprint density at radius 1 is 0.273 bits per heavy atom. The topological polar surface area (TPSA) is 78.9 Å². The van der Waals surface area contributed by atoms with Gasteiger partial charge in [0.05, 0.1) is 0 Å². The lowest BCUT2D eigenvalue weighted by Gasteiger charge is -2.18. The summed E-state index contributed by atoms with van der Waals surface area (Å²) >= 11 is 0. The highest BCUT2D eigenvalue weighted by atomic mass is 16.6. The molecular weight excluding hydrogens is 949 g/mol. The van der Waals surface area contributed by atoms with Crippen LogP contribution in [0.1, 0.15) is 226 Å². The molecule has 0 rings (SSSR count). The first-order chi connectivity index (χ1) is 38.0. The van der Waals surface area contributed by atoms with Crippen molar-refractivity contribution in [2.75, 3.05) is 13.2 Å². The fraction of sp³-hybridized carbons (Fsp3) is 0.535. The maximum atomic E-state index is 12.8. The normalized spacial score (nSPS) is 13.4. The van der Waals surface area contributed by atoms with Crippen LogP contribution in [0.25, 0.3) is 0 Å². The Bertz CT molecular complexity index is 1840. The standard InChI is InChI=1S/C71H108O6/c1-4-7-10-13-16-19-22-25-26-27-28-29-30-31-32-33-34-35-36-37-38-39-40-41-42-43-44-47-49-52-55-58-61-64-70(73)76-67-68(77-71(74)65-62-59-56-53-50-46-24-21-18-15-12-9-6-3)66-75-69(72)63-60-57-54-51-48-45-23-20-17-14-11-8-5-2/h7,9-12,14,16,18-21,23,25-26,28-29,31-32,34-35,37-38,40-41,43-44,46,49-50,52,68H,4-6,8,13,15,17,22,24,27,30,33,36,39,42,45,47-48,51,53-67H2,1-3H3/b10-7-,12-9-,14-11-,19-16-,21-18-,23-20-,26-25-,29-28-,32-31-,35-34-,38-37-,41-40-,44-43-,50-46-,52-49-. The third-order valence-electron chi connectivity index (χ3n) is 11.9. The number of carbonyl (C=O) groups is 3. The number of carbonyl (C=O) groups excluding carboxylic acids is 3. The monoisotopic (exact) mass is 1060 g/mol. The zero-order valence-electron chi connectivity index (χ0n) is 48.9. The van der Waals surface area contributed by atoms with Crippen LogP contribution >= 0.6 is 0 Å². The van der Waals surface area contributed by atoms with Crippen molar-refractivity contribution < 1.29 is 28.6 Å². The van der Waals surface area contributed by atoms with Gasteiger partial charge >= 0.3 is 17.9 Å². The summed E-state index contributed by atoms with van der Waals surface area (Å²) in [5, 5.41) is 0. The lowest BCUT2D eigenvalue weighted by molar-refractivity contribution is -0.167. The highest BCUT2D eigenvalue weighted by Gasteiger charge is 2.19. The van der Waals surface area contributed by atoms with E-state index in [2.05, 4.69) is 203 Å². The molecule has 0 bridgehead atoms. The first-order valence-electron chi connectivity index (χ1n) is 30.3. The van der Waals surface area contributed by atoms with E-state index < -0.39 is 6.10 Å². The van der Waals surface area contributed by atoms with E-state index in [9.17, 15) is 14.4 Å². The Balaban J connectivity index is 4.40. The van der Waals surface area contributed by atoms with E-state index in [1.807, 2.05) is 0 Å². The second kappa shape index (κ2) is 63.0. The van der Waals surface area contributed by atoms with Crippen LogP contribution in [0.15, 0.2) is 182 Å². The molecule has 1 atom stereocenters. The average molecular weight is 1060 g/mol. The van der Waals surface area contributed by atoms with Gasteiger partial charge in [0.2, 0.25) is 0 Å². The highest BCUT2D eigenvalue weighted by molar-refractivity contribution is 5.71. The summed E-state index contributed by atoms with van der Waals surface area (Å²) in [5.74, 6) is -1.02. The molecule has 0 radical (unpaired) electrons. The van der Waals surface area contributed by atoms with E-state index in [-0.39, 0.29) is 44.0 Å². The summed E-state index contributed by atoms with van der Waals surface area (Å²) in [5.41, 5.74) is 0. The van der Waals surface area contributed by atoms with Gasteiger partial charge in [0.15, 0.2) is 6.10 Å². The molecule has 0 aliphatic heterocycles. The van der Waals surface area contributed by atoms with E-state index in [4.69, 9.17) is 14.2 Å². The number of rotatable bonds is 52. The molecule has 0 N–H and O–H groups in total. The van der Waals surface area contributed by atoms with E-state index in [0.29, 0.717) is 19.3 Å². The molecule has 0 spiro atoms. The van der Waals surface area contributed by atoms with E-state index in [1.54, 1.807) is 0 Å². The molecule has 0 saturated carbocycles. The molecule has 1 unspecified atom stereocenters. The van der Waals surface area contributed by atoms with E-state index in [1.165, 1.54) is 6.42 Å². The van der Waals surface area contributed by atoms with Gasteiger partial charge in [-0.2, -0.15) is 0 Å². The van der Waals surface area contributed by atoms with Crippen molar-refractivity contribution in [3.63, 3.8) is 0 Å². The van der Waals surface area contributed by atoms with Gasteiger partial charge in [-0.1, -0.05) is 235 Å². The molecule has 0 fully saturated rings. The van der Waals surface area contributed by atoms with Crippen LogP contribution in [0.2, 0.25) is 0 Å². The van der Waals surface area contributed by atoms with Gasteiger partial charge in [-0.25, -0.2) is 0 Å². The Morgan fingerprint density at radius 2 is 0.506 bits per heavy atom. The number of ether oxygens (including phenoxy) is 3. The molecule has 6 nitrogen and oxygen atoms in total. The summed E-state index contributed by atoms with van der Waals surface area (Å²) < 4.78 is 16.8. The molecule has 0 heterocycles. The Morgan fingerprint density at radius 3 is 0.831 bits per heavy atom. The fourth-order valence-corrected chi connectivity index (χ4v) is 7.40. The Kier molecular flexibility index (Phi) is 58.6. The third kappa shape index (κ3) is 61.2. The third-order valence-corrected chi connectivity index (χ3v) is 11.9. The SMILES string of the molecule is CC/C=C\C/C=C\C/C=C\C/C=C\C/C=C\C/C=C\C/C=C\C/C=C\C/C=C\C/C=C\CCCCC(=O)OCC(COC(=O)CCCCCCC/C=C\C/C=C\CCC)OC(=O)CCCCC/C=C\C/C=C\C/C=C\CC. The lowest BCUT2D eigenvalue weighted by Crippen LogP contribution is -2.30. The summed E-state index contributed by atoms with van der Waals surface area (Å²) in [6.45, 7) is 6.24. The van der Waals surface area contributed by atoms with Gasteiger partial charge < -0.3 is 14.2 Å². The molecule has 0 aromatic carbocycles. The summed E-state index contributed by atoms with van der Waals surface area (Å²) in [7, 11) is 0. The summed E-state index contributed by atoms with van der Waals surface area (Å²) in [6, 6.07) is 0. The number of hydrogen-bond acceptors (Lipinski definition) is 6. The van der Waals surface area contributed by atoms with Crippen molar-refractivity contribution in [1.82, 2.24) is 0 Å². The largest absolute Gasteiger partial charge is 0.462 e. The quantitative estimate of drug-likeness (QED) is 0.0261. The molecule has 0 aliphatic carbocycles. The number of hydrogen-bond donors (Lipinski definition) is 0. The zero-order chi connectivity index (χ0) is 55.7. The molecule has 0 aromatic heterocycles. The van der Waals surface area contributed by atoms with Gasteiger partial charge in [-0.3, -0.25) is 14.4 Å². The number of allylic oxidation sites excluding steroid dienone is 30. The van der Waals surface area contributed by atoms with Crippen molar-refractivity contribution in [3.8, 4) is 0 Å². The second-order valence-corrected chi connectivity index (χ2v) is 19.1. The molecule has 77 heavy (non-hydrogen) atoms. The molecule has 0 amide bonds. The van der Waals surface area contributed by atoms with Crippen LogP contribution in [0.4, 0.5) is 0 Å². The average Bonchev–Trinajstić information content (AvgIpc) is 3.43. The molecule has 0 saturated heterocycles. The predicted molar refractivity (Wildman–Crippen MR) is 334 cm³/mol. The van der Waals surface area contributed by atoms with Crippen LogP contribution in [0.5, 0.6) is 0 Å². The minimum atomic E-state index is -0.827. The minimum Gasteiger partial charge on any atom is -0.462 e. The Labute approximate surface area is 472 Å². The minimum absolute atomic E-state index is 0.120. The maximum absolute atomic E-state index is 12.8. The van der Waals surface area contributed by atoms with Crippen LogP contribution in [-0.2, 0) is 28.6 Å². The van der Waals surface area contributed by atoms with Gasteiger partial charge in [0.25, 0.3) is 0 Å². The fourth-order valence-electron chi connectivity index (χ4n) is 7.40. The van der Waals surface area contributed by atoms with Gasteiger partial charge in [0, 0.05) is 19.3 Å². The van der Waals surface area contributed by atoms with Crippen LogP contribution < -0.4 is 0 Å². The van der Waals surface area contributed by atoms with E-state index >= 15 is 0 Å². The molecule has 428 valence electrons. The smallest absolute Gasteiger partial charge is 0.306 e. The highest BCUT2D eigenvalue weighted by Crippen LogP contribution is 2.12. The van der Waals surface area contributed by atoms with Crippen LogP contribution in [-0.4, -0.2) is 37.2 Å². The van der Waals surface area contributed by atoms with Crippen molar-refractivity contribution in [1.29, 1.82) is 0 Å². The van der Waals surface area contributed by atoms with Gasteiger partial charge in [0.1, 0.15) is 13.2 Å². The molecule has 6 heteroatoms. The van der Waals surface area contributed by atoms with E-state index in [0.717, 1.165) is 167 Å². The first kappa shape index (κ1) is 71.5. The van der Waals surface area contributed by atoms with Gasteiger partial charge in [-0.15, -0.1) is 0 Å². The number of unbranched alkanes of at least 4 members (excludes halogenated alkanes) is 11. The Hall–Kier alpha value is -5.49. The zero-order valence-corrected chi connectivity index (χ0v) is 48.9. The summed E-state index contributed by atoms with van der Waals surface area (Å²) in [6.07, 6.45) is 94.7. The van der Waals surface area contributed by atoms with Crippen LogP contribution in [0, 0.1) is 0 Å². The maximum Gasteiger partial charge on any atom is 0.306 e. The van der Waals surface area contributed by atoms with Crippen LogP contribution in [0.3, 0.4) is 0 Å². The number of esters is 3. The second-order valence-electron chi connectivity index (χ2n) is 19.1. The van der Waals surface area contributed by atoms with Gasteiger partial charge in [-0.05, 0) is 154 Å². The first-order valence-corrected chi connectivity index (χ1v) is 30.3.